The van der Waals surface area contributed by atoms with Crippen LogP contribution in [-0.4, -0.2) is 9.67 Å². The molecule has 4 heteroatoms. The normalized spacial score (nSPS) is 16.1. The molecule has 112 valence electrons. The molecule has 1 aliphatic heterocycles. The predicted octanol–water partition coefficient (Wildman–Crippen LogP) is 0.379. The van der Waals surface area contributed by atoms with E-state index in [2.05, 4.69) is 46.4 Å². The third kappa shape index (κ3) is 2.28. The second-order valence-electron chi connectivity index (χ2n) is 5.30. The van der Waals surface area contributed by atoms with Crippen LogP contribution < -0.4 is 17.7 Å². The van der Waals surface area contributed by atoms with Crippen LogP contribution in [0.3, 0.4) is 0 Å². The number of para-hydroxylation sites is 2. The maximum atomic E-state index is 10.2. The monoisotopic (exact) mass is 311 g/mol. The largest absolute Gasteiger partial charge is 1.00 e. The van der Waals surface area contributed by atoms with Crippen LogP contribution in [0.5, 0.6) is 5.75 Å². The lowest BCUT2D eigenvalue weighted by atomic mass is 10.0. The van der Waals surface area contributed by atoms with E-state index < -0.39 is 0 Å². The fourth-order valence-corrected chi connectivity index (χ4v) is 3.06. The summed E-state index contributed by atoms with van der Waals surface area (Å²) < 4.78 is 2.20. The minimum atomic E-state index is -0.0198. The van der Waals surface area contributed by atoms with Crippen LogP contribution in [0.15, 0.2) is 66.9 Å². The molecule has 2 aromatic carbocycles. The molecule has 22 heavy (non-hydrogen) atoms. The van der Waals surface area contributed by atoms with Crippen LogP contribution in [0.25, 0.3) is 5.69 Å². The number of aromatic hydroxyl groups is 1. The van der Waals surface area contributed by atoms with Gasteiger partial charge in [0, 0.05) is 29.7 Å². The van der Waals surface area contributed by atoms with E-state index in [9.17, 15) is 5.11 Å². The number of nitrogens with zero attached hydrogens (tertiary/aromatic N) is 1. The van der Waals surface area contributed by atoms with Crippen LogP contribution in [0.4, 0.5) is 0 Å². The van der Waals surface area contributed by atoms with Crippen LogP contribution in [0.2, 0.25) is 0 Å². The number of phenols is 1. The summed E-state index contributed by atoms with van der Waals surface area (Å²) in [6.45, 7) is 0.775. The van der Waals surface area contributed by atoms with Gasteiger partial charge in [0.25, 0.3) is 0 Å². The first-order valence-corrected chi connectivity index (χ1v) is 7.11. The highest BCUT2D eigenvalue weighted by molar-refractivity contribution is 5.48. The van der Waals surface area contributed by atoms with Crippen molar-refractivity contribution >= 4 is 0 Å². The van der Waals surface area contributed by atoms with Crippen molar-refractivity contribution in [1.29, 1.82) is 0 Å². The van der Waals surface area contributed by atoms with E-state index in [0.29, 0.717) is 5.75 Å². The molecule has 1 atom stereocenters. The van der Waals surface area contributed by atoms with Gasteiger partial charge in [-0.25, -0.2) is 0 Å². The van der Waals surface area contributed by atoms with Crippen molar-refractivity contribution in [3.05, 3.63) is 83.7 Å². The Morgan fingerprint density at radius 1 is 0.955 bits per heavy atom. The summed E-state index contributed by atoms with van der Waals surface area (Å²) in [4.78, 5) is 0. The van der Waals surface area contributed by atoms with E-state index in [0.717, 1.165) is 17.8 Å². The van der Waals surface area contributed by atoms with E-state index in [4.69, 9.17) is 0 Å². The van der Waals surface area contributed by atoms with Gasteiger partial charge in [-0.3, -0.25) is 0 Å². The van der Waals surface area contributed by atoms with Gasteiger partial charge in [0.05, 0.1) is 6.04 Å². The van der Waals surface area contributed by atoms with Gasteiger partial charge < -0.3 is 27.4 Å². The summed E-state index contributed by atoms with van der Waals surface area (Å²) >= 11 is 0. The van der Waals surface area contributed by atoms with Gasteiger partial charge in [0.2, 0.25) is 0 Å². The van der Waals surface area contributed by atoms with Crippen molar-refractivity contribution in [3.63, 3.8) is 0 Å². The molecule has 0 amide bonds. The second kappa shape index (κ2) is 5.87. The molecular weight excluding hydrogens is 296 g/mol. The highest BCUT2D eigenvalue weighted by Gasteiger charge is 2.24. The standard InChI is InChI=1S/C18H16N2O.ClH/c21-17-10-4-2-7-14(17)18-16-9-5-11-20(16)15-8-3-1-6-13(15)12-19-18;/h1-11,18-19,21H,12H2;1H/p-1. The number of benzene rings is 2. The lowest BCUT2D eigenvalue weighted by molar-refractivity contribution is -0.00000515. The van der Waals surface area contributed by atoms with Crippen molar-refractivity contribution in [2.75, 3.05) is 0 Å². The van der Waals surface area contributed by atoms with Crippen molar-refractivity contribution in [3.8, 4) is 11.4 Å². The number of hydrogen-bond donors (Lipinski definition) is 2. The minimum absolute atomic E-state index is 0. The fourth-order valence-electron chi connectivity index (χ4n) is 3.06. The molecule has 0 radical (unpaired) electrons. The van der Waals surface area contributed by atoms with Gasteiger partial charge >= 0.3 is 0 Å². The topological polar surface area (TPSA) is 37.2 Å². The first-order chi connectivity index (χ1) is 10.3. The SMILES string of the molecule is Oc1ccccc1C1NCc2ccccc2-n2cccc21.[Cl-]. The molecule has 1 aliphatic rings. The Morgan fingerprint density at radius 2 is 1.73 bits per heavy atom. The number of rotatable bonds is 1. The summed E-state index contributed by atoms with van der Waals surface area (Å²) in [5.41, 5.74) is 4.50. The fraction of sp³-hybridized carbons (Fsp3) is 0.111. The number of fused-ring (bicyclic) bond motifs is 3. The Morgan fingerprint density at radius 3 is 2.59 bits per heavy atom. The number of phenolic OH excluding ortho intramolecular Hbond substituents is 1. The molecule has 1 aromatic heterocycles. The van der Waals surface area contributed by atoms with Gasteiger partial charge in [-0.15, -0.1) is 0 Å². The molecule has 0 fully saturated rings. The molecular formula is C18H16ClN2O-. The first-order valence-electron chi connectivity index (χ1n) is 7.11. The zero-order valence-corrected chi connectivity index (χ0v) is 12.7. The number of nitrogens with one attached hydrogen (secondary N) is 1. The Kier molecular flexibility index (Phi) is 3.92. The molecule has 4 rings (SSSR count). The molecule has 3 nitrogen and oxygen atoms in total. The van der Waals surface area contributed by atoms with E-state index in [-0.39, 0.29) is 18.4 Å². The van der Waals surface area contributed by atoms with Gasteiger partial charge in [0.15, 0.2) is 0 Å². The smallest absolute Gasteiger partial charge is 0.120 e. The zero-order chi connectivity index (χ0) is 14.2. The molecule has 2 N–H and O–H groups in total. The van der Waals surface area contributed by atoms with E-state index in [1.165, 1.54) is 11.3 Å². The molecule has 0 bridgehead atoms. The van der Waals surface area contributed by atoms with Crippen molar-refractivity contribution in [1.82, 2.24) is 9.88 Å². The third-order valence-corrected chi connectivity index (χ3v) is 4.07. The minimum Gasteiger partial charge on any atom is -1.00 e. The highest BCUT2D eigenvalue weighted by atomic mass is 35.5. The maximum Gasteiger partial charge on any atom is 0.120 e. The second-order valence-corrected chi connectivity index (χ2v) is 5.30. The van der Waals surface area contributed by atoms with Crippen molar-refractivity contribution in [2.24, 2.45) is 0 Å². The molecule has 0 saturated carbocycles. The Labute approximate surface area is 135 Å². The average molecular weight is 312 g/mol. The lowest BCUT2D eigenvalue weighted by Crippen LogP contribution is -3.00. The van der Waals surface area contributed by atoms with Crippen molar-refractivity contribution < 1.29 is 17.5 Å². The third-order valence-electron chi connectivity index (χ3n) is 4.07. The van der Waals surface area contributed by atoms with E-state index in [1.54, 1.807) is 6.07 Å². The predicted molar refractivity (Wildman–Crippen MR) is 82.6 cm³/mol. The number of aromatic nitrogens is 1. The number of hydrogen-bond acceptors (Lipinski definition) is 2. The Hall–Kier alpha value is -2.23. The van der Waals surface area contributed by atoms with E-state index >= 15 is 0 Å². The van der Waals surface area contributed by atoms with E-state index in [1.807, 2.05) is 24.3 Å². The summed E-state index contributed by atoms with van der Waals surface area (Å²) in [7, 11) is 0. The van der Waals surface area contributed by atoms with Crippen LogP contribution in [0.1, 0.15) is 22.9 Å². The van der Waals surface area contributed by atoms with Gasteiger partial charge in [0.1, 0.15) is 5.75 Å². The Bertz CT molecular complexity index is 797. The average Bonchev–Trinajstić information content (AvgIpc) is 2.93. The molecule has 0 aliphatic carbocycles. The van der Waals surface area contributed by atoms with Crippen LogP contribution in [-0.2, 0) is 6.54 Å². The zero-order valence-electron chi connectivity index (χ0n) is 11.9. The Balaban J connectivity index is 0.00000144. The van der Waals surface area contributed by atoms with Crippen molar-refractivity contribution in [2.45, 2.75) is 12.6 Å². The van der Waals surface area contributed by atoms with Crippen LogP contribution in [0, 0.1) is 0 Å². The molecule has 2 heterocycles. The summed E-state index contributed by atoms with van der Waals surface area (Å²) in [6.07, 6.45) is 2.08. The quantitative estimate of drug-likeness (QED) is 0.682. The molecule has 3 aromatic rings. The summed E-state index contributed by atoms with van der Waals surface area (Å²) in [6, 6.07) is 20.0. The summed E-state index contributed by atoms with van der Waals surface area (Å²) in [5, 5.41) is 13.7. The first kappa shape index (κ1) is 14.7. The maximum absolute atomic E-state index is 10.2. The van der Waals surface area contributed by atoms with Crippen LogP contribution >= 0.6 is 0 Å². The number of halogens is 1. The van der Waals surface area contributed by atoms with Gasteiger partial charge in [-0.2, -0.15) is 0 Å². The summed E-state index contributed by atoms with van der Waals surface area (Å²) in [5.74, 6) is 0.328. The highest BCUT2D eigenvalue weighted by Crippen LogP contribution is 2.33. The molecule has 0 saturated heterocycles. The lowest BCUT2D eigenvalue weighted by Gasteiger charge is -2.19. The molecule has 0 spiro atoms. The van der Waals surface area contributed by atoms with Gasteiger partial charge in [-0.1, -0.05) is 36.4 Å². The molecule has 1 unspecified atom stereocenters. The van der Waals surface area contributed by atoms with Gasteiger partial charge in [-0.05, 0) is 29.8 Å².